The molecule has 5 heteroatoms. The molecule has 110 valence electrons. The predicted molar refractivity (Wildman–Crippen MR) is 88.5 cm³/mol. The first-order valence-electron chi connectivity index (χ1n) is 7.09. The van der Waals surface area contributed by atoms with E-state index >= 15 is 0 Å². The quantitative estimate of drug-likeness (QED) is 0.929. The molecule has 3 rings (SSSR count). The molecule has 1 aliphatic rings. The first-order valence-corrected chi connectivity index (χ1v) is 8.29. The molecular formula is C16H17ClN2OS. The van der Waals surface area contributed by atoms with Gasteiger partial charge >= 0.3 is 0 Å². The highest BCUT2D eigenvalue weighted by Crippen LogP contribution is 2.25. The number of benzene rings is 1. The van der Waals surface area contributed by atoms with Crippen molar-refractivity contribution >= 4 is 34.5 Å². The number of carbonyl (C=O) groups excluding carboxylic acids is 1. The van der Waals surface area contributed by atoms with Crippen molar-refractivity contribution in [1.29, 1.82) is 0 Å². The van der Waals surface area contributed by atoms with Crippen LogP contribution in [0.1, 0.15) is 22.5 Å². The Morgan fingerprint density at radius 1 is 1.29 bits per heavy atom. The Bertz CT molecular complexity index is 614. The molecule has 1 amide bonds. The second kappa shape index (κ2) is 6.50. The number of halogens is 1. The van der Waals surface area contributed by atoms with Crippen LogP contribution in [0.3, 0.4) is 0 Å². The molecule has 1 N–H and O–H groups in total. The number of thiophene rings is 1. The van der Waals surface area contributed by atoms with Crippen LogP contribution >= 0.6 is 22.9 Å². The van der Waals surface area contributed by atoms with Crippen LogP contribution in [0.4, 0.5) is 5.69 Å². The van der Waals surface area contributed by atoms with E-state index in [1.54, 1.807) is 12.1 Å². The van der Waals surface area contributed by atoms with Gasteiger partial charge in [-0.05, 0) is 37.1 Å². The van der Waals surface area contributed by atoms with Crippen molar-refractivity contribution in [2.75, 3.05) is 18.0 Å². The van der Waals surface area contributed by atoms with E-state index in [0.717, 1.165) is 13.0 Å². The van der Waals surface area contributed by atoms with Crippen LogP contribution in [-0.4, -0.2) is 25.0 Å². The molecule has 2 aromatic rings. The lowest BCUT2D eigenvalue weighted by Crippen LogP contribution is -2.40. The molecule has 0 radical (unpaired) electrons. The molecule has 2 heterocycles. The fraction of sp³-hybridized carbons (Fsp3) is 0.312. The number of carbonyl (C=O) groups is 1. The summed E-state index contributed by atoms with van der Waals surface area (Å²) >= 11 is 7.18. The topological polar surface area (TPSA) is 32.3 Å². The SMILES string of the molecule is O=C(NC[C@H]1CCCN1c1ccccc1)c1ccc(Cl)s1. The van der Waals surface area contributed by atoms with Crippen LogP contribution in [0, 0.1) is 0 Å². The van der Waals surface area contributed by atoms with Gasteiger partial charge in [0.15, 0.2) is 0 Å². The van der Waals surface area contributed by atoms with Gasteiger partial charge in [0.05, 0.1) is 9.21 Å². The molecule has 0 unspecified atom stereocenters. The number of hydrogen-bond acceptors (Lipinski definition) is 3. The number of hydrogen-bond donors (Lipinski definition) is 1. The Hall–Kier alpha value is -1.52. The maximum Gasteiger partial charge on any atom is 0.261 e. The van der Waals surface area contributed by atoms with Crippen LogP contribution in [0.15, 0.2) is 42.5 Å². The van der Waals surface area contributed by atoms with Gasteiger partial charge in [-0.2, -0.15) is 0 Å². The molecule has 3 nitrogen and oxygen atoms in total. The smallest absolute Gasteiger partial charge is 0.261 e. The van der Waals surface area contributed by atoms with Crippen molar-refractivity contribution in [1.82, 2.24) is 5.32 Å². The number of para-hydroxylation sites is 1. The largest absolute Gasteiger partial charge is 0.367 e. The summed E-state index contributed by atoms with van der Waals surface area (Å²) in [5.41, 5.74) is 1.23. The van der Waals surface area contributed by atoms with E-state index in [4.69, 9.17) is 11.6 Å². The molecule has 0 spiro atoms. The van der Waals surface area contributed by atoms with E-state index in [1.807, 2.05) is 6.07 Å². The maximum atomic E-state index is 12.1. The van der Waals surface area contributed by atoms with Crippen molar-refractivity contribution in [2.24, 2.45) is 0 Å². The molecule has 0 bridgehead atoms. The number of rotatable bonds is 4. The minimum Gasteiger partial charge on any atom is -0.367 e. The van der Waals surface area contributed by atoms with Gasteiger partial charge in [-0.1, -0.05) is 29.8 Å². The van der Waals surface area contributed by atoms with E-state index in [-0.39, 0.29) is 5.91 Å². The molecule has 1 aromatic heterocycles. The van der Waals surface area contributed by atoms with Crippen molar-refractivity contribution in [3.8, 4) is 0 Å². The van der Waals surface area contributed by atoms with Gasteiger partial charge in [0.1, 0.15) is 0 Å². The molecule has 0 saturated carbocycles. The molecule has 1 saturated heterocycles. The van der Waals surface area contributed by atoms with E-state index in [0.29, 0.717) is 21.8 Å². The average Bonchev–Trinajstić information content (AvgIpc) is 3.14. The monoisotopic (exact) mass is 320 g/mol. The summed E-state index contributed by atoms with van der Waals surface area (Å²) in [5, 5.41) is 3.03. The minimum atomic E-state index is -0.0354. The van der Waals surface area contributed by atoms with Crippen molar-refractivity contribution in [3.63, 3.8) is 0 Å². The molecule has 1 atom stereocenters. The average molecular weight is 321 g/mol. The summed E-state index contributed by atoms with van der Waals surface area (Å²) < 4.78 is 0.645. The van der Waals surface area contributed by atoms with Crippen LogP contribution in [0.2, 0.25) is 4.34 Å². The van der Waals surface area contributed by atoms with Crippen LogP contribution in [0.25, 0.3) is 0 Å². The van der Waals surface area contributed by atoms with Gasteiger partial charge in [0.2, 0.25) is 0 Å². The van der Waals surface area contributed by atoms with Crippen LogP contribution in [-0.2, 0) is 0 Å². The summed E-state index contributed by atoms with van der Waals surface area (Å²) in [6, 6.07) is 14.3. The van der Waals surface area contributed by atoms with E-state index in [2.05, 4.69) is 34.5 Å². The molecular weight excluding hydrogens is 304 g/mol. The van der Waals surface area contributed by atoms with E-state index < -0.39 is 0 Å². The second-order valence-corrected chi connectivity index (χ2v) is 6.85. The zero-order valence-electron chi connectivity index (χ0n) is 11.6. The van der Waals surface area contributed by atoms with E-state index in [1.165, 1.54) is 23.4 Å². The highest BCUT2D eigenvalue weighted by atomic mass is 35.5. The number of amides is 1. The second-order valence-electron chi connectivity index (χ2n) is 5.14. The zero-order chi connectivity index (χ0) is 14.7. The van der Waals surface area contributed by atoms with Crippen LogP contribution in [0.5, 0.6) is 0 Å². The summed E-state index contributed by atoms with van der Waals surface area (Å²) in [6.45, 7) is 1.72. The van der Waals surface area contributed by atoms with Gasteiger partial charge in [0.25, 0.3) is 5.91 Å². The molecule has 1 fully saturated rings. The standard InChI is InChI=1S/C16H17ClN2OS/c17-15-9-8-14(21-15)16(20)18-11-13-7-4-10-19(13)12-5-2-1-3-6-12/h1-3,5-6,8-9,13H,4,7,10-11H2,(H,18,20)/t13-/m1/s1. The highest BCUT2D eigenvalue weighted by Gasteiger charge is 2.25. The van der Waals surface area contributed by atoms with E-state index in [9.17, 15) is 4.79 Å². The van der Waals surface area contributed by atoms with Gasteiger partial charge < -0.3 is 10.2 Å². The lowest BCUT2D eigenvalue weighted by atomic mass is 10.2. The lowest BCUT2D eigenvalue weighted by Gasteiger charge is -2.27. The van der Waals surface area contributed by atoms with Gasteiger partial charge in [-0.3, -0.25) is 4.79 Å². The molecule has 1 aliphatic heterocycles. The highest BCUT2D eigenvalue weighted by molar-refractivity contribution is 7.17. The van der Waals surface area contributed by atoms with Gasteiger partial charge in [-0.15, -0.1) is 11.3 Å². The summed E-state index contributed by atoms with van der Waals surface area (Å²) in [5.74, 6) is -0.0354. The van der Waals surface area contributed by atoms with Gasteiger partial charge in [-0.25, -0.2) is 0 Å². The summed E-state index contributed by atoms with van der Waals surface area (Å²) in [6.07, 6.45) is 2.28. The Kier molecular flexibility index (Phi) is 4.46. The first-order chi connectivity index (χ1) is 10.2. The van der Waals surface area contributed by atoms with Gasteiger partial charge in [0, 0.05) is 24.8 Å². The van der Waals surface area contributed by atoms with Crippen molar-refractivity contribution in [2.45, 2.75) is 18.9 Å². The molecule has 21 heavy (non-hydrogen) atoms. The zero-order valence-corrected chi connectivity index (χ0v) is 13.2. The molecule has 0 aliphatic carbocycles. The minimum absolute atomic E-state index is 0.0354. The summed E-state index contributed by atoms with van der Waals surface area (Å²) in [4.78, 5) is 15.1. The van der Waals surface area contributed by atoms with Crippen LogP contribution < -0.4 is 10.2 Å². The fourth-order valence-corrected chi connectivity index (χ4v) is 3.70. The number of anilines is 1. The third kappa shape index (κ3) is 3.39. The number of nitrogens with zero attached hydrogens (tertiary/aromatic N) is 1. The third-order valence-electron chi connectivity index (χ3n) is 3.76. The third-order valence-corrected chi connectivity index (χ3v) is 4.99. The predicted octanol–water partition coefficient (Wildman–Crippen LogP) is 3.80. The Labute approximate surface area is 133 Å². The fourth-order valence-electron chi connectivity index (χ4n) is 2.74. The normalized spacial score (nSPS) is 18.0. The van der Waals surface area contributed by atoms with Crippen molar-refractivity contribution < 1.29 is 4.79 Å². The maximum absolute atomic E-state index is 12.1. The lowest BCUT2D eigenvalue weighted by molar-refractivity contribution is 0.0955. The first kappa shape index (κ1) is 14.4. The summed E-state index contributed by atoms with van der Waals surface area (Å²) in [7, 11) is 0. The Balaban J connectivity index is 1.61. The Morgan fingerprint density at radius 3 is 2.81 bits per heavy atom. The molecule has 1 aromatic carbocycles. The number of nitrogens with one attached hydrogen (secondary N) is 1. The Morgan fingerprint density at radius 2 is 2.10 bits per heavy atom. The van der Waals surface area contributed by atoms with Crippen molar-refractivity contribution in [3.05, 3.63) is 51.7 Å².